The molecule has 1 aliphatic rings. The lowest BCUT2D eigenvalue weighted by Crippen LogP contribution is -2.42. The number of hydrogen-bond acceptors (Lipinski definition) is 3. The molecule has 2 N–H and O–H groups in total. The molecule has 0 bridgehead atoms. The van der Waals surface area contributed by atoms with E-state index in [1.54, 1.807) is 0 Å². The lowest BCUT2D eigenvalue weighted by atomic mass is 9.90. The maximum atomic E-state index is 12.3. The van der Waals surface area contributed by atoms with Crippen molar-refractivity contribution in [1.82, 2.24) is 10.6 Å². The summed E-state index contributed by atoms with van der Waals surface area (Å²) in [6.07, 6.45) is 1.14. The van der Waals surface area contributed by atoms with Crippen LogP contribution in [0, 0.1) is 11.3 Å². The zero-order valence-electron chi connectivity index (χ0n) is 11.1. The molecule has 2 atom stereocenters. The van der Waals surface area contributed by atoms with Gasteiger partial charge in [-0.05, 0) is 17.5 Å². The maximum absolute atomic E-state index is 12.3. The van der Waals surface area contributed by atoms with Crippen molar-refractivity contribution in [3.8, 4) is 6.07 Å². The Labute approximate surface area is 113 Å². The highest BCUT2D eigenvalue weighted by Crippen LogP contribution is 2.24. The SMILES string of the molecule is CCC(CC#N)NC(=O)C1CNCc2ccccc21. The largest absolute Gasteiger partial charge is 0.352 e. The predicted octanol–water partition coefficient (Wildman–Crippen LogP) is 1.68. The molecule has 0 radical (unpaired) electrons. The van der Waals surface area contributed by atoms with Crippen molar-refractivity contribution in [2.75, 3.05) is 6.54 Å². The maximum Gasteiger partial charge on any atom is 0.229 e. The second-order valence-electron chi connectivity index (χ2n) is 4.86. The average molecular weight is 257 g/mol. The minimum absolute atomic E-state index is 0.0155. The van der Waals surface area contributed by atoms with Crippen molar-refractivity contribution in [3.63, 3.8) is 0 Å². The number of fused-ring (bicyclic) bond motifs is 1. The van der Waals surface area contributed by atoms with Crippen molar-refractivity contribution in [2.24, 2.45) is 0 Å². The van der Waals surface area contributed by atoms with E-state index < -0.39 is 0 Å². The molecule has 0 spiro atoms. The molecule has 1 aliphatic heterocycles. The Morgan fingerprint density at radius 1 is 1.58 bits per heavy atom. The third kappa shape index (κ3) is 3.12. The van der Waals surface area contributed by atoms with Gasteiger partial charge in [-0.3, -0.25) is 4.79 Å². The number of nitriles is 1. The van der Waals surface area contributed by atoms with Gasteiger partial charge in [0.2, 0.25) is 5.91 Å². The summed E-state index contributed by atoms with van der Waals surface area (Å²) >= 11 is 0. The number of amides is 1. The van der Waals surface area contributed by atoms with E-state index >= 15 is 0 Å². The highest BCUT2D eigenvalue weighted by molar-refractivity contribution is 5.85. The Balaban J connectivity index is 2.11. The molecule has 0 aromatic heterocycles. The van der Waals surface area contributed by atoms with Gasteiger partial charge >= 0.3 is 0 Å². The normalized spacial score (nSPS) is 19.1. The van der Waals surface area contributed by atoms with Crippen molar-refractivity contribution in [1.29, 1.82) is 5.26 Å². The van der Waals surface area contributed by atoms with E-state index in [4.69, 9.17) is 5.26 Å². The molecule has 4 nitrogen and oxygen atoms in total. The van der Waals surface area contributed by atoms with Gasteiger partial charge < -0.3 is 10.6 Å². The summed E-state index contributed by atoms with van der Waals surface area (Å²) in [6.45, 7) is 3.45. The first-order valence-electron chi connectivity index (χ1n) is 6.72. The molecule has 1 aromatic carbocycles. The molecular weight excluding hydrogens is 238 g/mol. The second kappa shape index (κ2) is 6.35. The lowest BCUT2D eigenvalue weighted by Gasteiger charge is -2.27. The molecule has 0 aliphatic carbocycles. The van der Waals surface area contributed by atoms with Crippen LogP contribution in [0.1, 0.15) is 36.8 Å². The highest BCUT2D eigenvalue weighted by atomic mass is 16.2. The summed E-state index contributed by atoms with van der Waals surface area (Å²) in [5, 5.41) is 15.0. The summed E-state index contributed by atoms with van der Waals surface area (Å²) in [7, 11) is 0. The van der Waals surface area contributed by atoms with Crippen LogP contribution in [0.5, 0.6) is 0 Å². The Morgan fingerprint density at radius 3 is 3.11 bits per heavy atom. The molecule has 4 heteroatoms. The van der Waals surface area contributed by atoms with Gasteiger partial charge in [0.15, 0.2) is 0 Å². The summed E-state index contributed by atoms with van der Waals surface area (Å²) < 4.78 is 0. The number of hydrogen-bond donors (Lipinski definition) is 2. The molecule has 1 heterocycles. The van der Waals surface area contributed by atoms with E-state index in [1.807, 2.05) is 31.2 Å². The monoisotopic (exact) mass is 257 g/mol. The van der Waals surface area contributed by atoms with Crippen LogP contribution in [-0.4, -0.2) is 18.5 Å². The van der Waals surface area contributed by atoms with Gasteiger partial charge in [0.1, 0.15) is 0 Å². The molecule has 2 rings (SSSR count). The number of carbonyl (C=O) groups excluding carboxylic acids is 1. The molecule has 2 unspecified atom stereocenters. The van der Waals surface area contributed by atoms with Crippen LogP contribution in [0.4, 0.5) is 0 Å². The van der Waals surface area contributed by atoms with E-state index in [1.165, 1.54) is 5.56 Å². The molecule has 1 aromatic rings. The minimum Gasteiger partial charge on any atom is -0.352 e. The molecule has 0 fully saturated rings. The van der Waals surface area contributed by atoms with Crippen LogP contribution in [0.3, 0.4) is 0 Å². The van der Waals surface area contributed by atoms with Gasteiger partial charge in [-0.1, -0.05) is 31.2 Å². The minimum atomic E-state index is -0.155. The summed E-state index contributed by atoms with van der Waals surface area (Å²) in [4.78, 5) is 12.3. The number of rotatable bonds is 4. The van der Waals surface area contributed by atoms with Crippen LogP contribution in [0.15, 0.2) is 24.3 Å². The smallest absolute Gasteiger partial charge is 0.229 e. The fraction of sp³-hybridized carbons (Fsp3) is 0.467. The Bertz CT molecular complexity index is 492. The van der Waals surface area contributed by atoms with Gasteiger partial charge in [0, 0.05) is 19.1 Å². The third-order valence-corrected chi connectivity index (χ3v) is 3.59. The van der Waals surface area contributed by atoms with Crippen LogP contribution in [0.2, 0.25) is 0 Å². The van der Waals surface area contributed by atoms with E-state index in [-0.39, 0.29) is 17.9 Å². The van der Waals surface area contributed by atoms with Crippen molar-refractivity contribution < 1.29 is 4.79 Å². The van der Waals surface area contributed by atoms with E-state index in [0.29, 0.717) is 13.0 Å². The first-order chi connectivity index (χ1) is 9.26. The predicted molar refractivity (Wildman–Crippen MR) is 73.3 cm³/mol. The molecule has 1 amide bonds. The van der Waals surface area contributed by atoms with E-state index in [9.17, 15) is 4.79 Å². The number of benzene rings is 1. The molecule has 0 saturated heterocycles. The third-order valence-electron chi connectivity index (χ3n) is 3.59. The standard InChI is InChI=1S/C15H19N3O/c1-2-12(7-8-16)18-15(19)14-10-17-9-11-5-3-4-6-13(11)14/h3-6,12,14,17H,2,7,9-10H2,1H3,(H,18,19). The Morgan fingerprint density at radius 2 is 2.37 bits per heavy atom. The molecule has 19 heavy (non-hydrogen) atoms. The number of nitrogens with one attached hydrogen (secondary N) is 2. The Kier molecular flexibility index (Phi) is 4.53. The van der Waals surface area contributed by atoms with Crippen molar-refractivity contribution in [2.45, 2.75) is 38.3 Å². The van der Waals surface area contributed by atoms with Gasteiger partial charge in [0.25, 0.3) is 0 Å². The van der Waals surface area contributed by atoms with Crippen molar-refractivity contribution in [3.05, 3.63) is 35.4 Å². The highest BCUT2D eigenvalue weighted by Gasteiger charge is 2.27. The van der Waals surface area contributed by atoms with Gasteiger partial charge in [-0.25, -0.2) is 0 Å². The zero-order chi connectivity index (χ0) is 13.7. The fourth-order valence-corrected chi connectivity index (χ4v) is 2.44. The van der Waals surface area contributed by atoms with Crippen LogP contribution >= 0.6 is 0 Å². The van der Waals surface area contributed by atoms with E-state index in [2.05, 4.69) is 16.7 Å². The zero-order valence-corrected chi connectivity index (χ0v) is 11.1. The van der Waals surface area contributed by atoms with Crippen LogP contribution < -0.4 is 10.6 Å². The quantitative estimate of drug-likeness (QED) is 0.862. The van der Waals surface area contributed by atoms with Crippen LogP contribution in [0.25, 0.3) is 0 Å². The molecule has 0 saturated carbocycles. The van der Waals surface area contributed by atoms with Gasteiger partial charge in [-0.15, -0.1) is 0 Å². The summed E-state index contributed by atoms with van der Waals surface area (Å²) in [5.41, 5.74) is 2.28. The van der Waals surface area contributed by atoms with Gasteiger partial charge in [0.05, 0.1) is 18.4 Å². The molecular formula is C15H19N3O. The van der Waals surface area contributed by atoms with E-state index in [0.717, 1.165) is 18.5 Å². The first kappa shape index (κ1) is 13.6. The van der Waals surface area contributed by atoms with Crippen molar-refractivity contribution >= 4 is 5.91 Å². The van der Waals surface area contributed by atoms with Gasteiger partial charge in [-0.2, -0.15) is 5.26 Å². The average Bonchev–Trinajstić information content (AvgIpc) is 2.46. The molecule has 100 valence electrons. The summed E-state index contributed by atoms with van der Waals surface area (Å²) in [6, 6.07) is 10.1. The second-order valence-corrected chi connectivity index (χ2v) is 4.86. The fourth-order valence-electron chi connectivity index (χ4n) is 2.44. The topological polar surface area (TPSA) is 64.9 Å². The lowest BCUT2D eigenvalue weighted by molar-refractivity contribution is -0.123. The first-order valence-corrected chi connectivity index (χ1v) is 6.72. The summed E-state index contributed by atoms with van der Waals surface area (Å²) in [5.74, 6) is -0.139. The van der Waals surface area contributed by atoms with Crippen LogP contribution in [-0.2, 0) is 11.3 Å². The number of nitrogens with zero attached hydrogens (tertiary/aromatic N) is 1. The number of carbonyl (C=O) groups is 1. The Hall–Kier alpha value is -1.86.